The molecule has 0 aliphatic carbocycles. The van der Waals surface area contributed by atoms with Crippen molar-refractivity contribution in [2.45, 2.75) is 0 Å². The molecule has 2 heterocycles. The van der Waals surface area contributed by atoms with Crippen LogP contribution in [0.4, 0.5) is 0 Å². The van der Waals surface area contributed by atoms with Gasteiger partial charge in [0.25, 0.3) is 5.56 Å². The molecule has 0 amide bonds. The lowest BCUT2D eigenvalue weighted by molar-refractivity contribution is 1.12. The van der Waals surface area contributed by atoms with Gasteiger partial charge in [0.2, 0.25) is 0 Å². The summed E-state index contributed by atoms with van der Waals surface area (Å²) < 4.78 is 0.456. The Hall–Kier alpha value is -1.72. The van der Waals surface area contributed by atoms with Crippen LogP contribution in [0.2, 0.25) is 0 Å². The molecule has 94 valence electrons. The molecule has 19 heavy (non-hydrogen) atoms. The molecule has 0 bridgehead atoms. The summed E-state index contributed by atoms with van der Waals surface area (Å²) in [6.07, 6.45) is 0. The minimum absolute atomic E-state index is 0.171. The van der Waals surface area contributed by atoms with E-state index in [0.29, 0.717) is 16.0 Å². The number of halogens is 1. The molecule has 0 aliphatic heterocycles. The predicted octanol–water partition coefficient (Wildman–Crippen LogP) is 3.93. The number of hydrogen-bond donors (Lipinski definition) is 1. The third-order valence-electron chi connectivity index (χ3n) is 2.70. The van der Waals surface area contributed by atoms with E-state index < -0.39 is 0 Å². The zero-order valence-corrected chi connectivity index (χ0v) is 12.2. The number of hydrogen-bond acceptors (Lipinski definition) is 3. The van der Waals surface area contributed by atoms with Gasteiger partial charge in [0.1, 0.15) is 10.3 Å². The van der Waals surface area contributed by atoms with Crippen molar-refractivity contribution in [3.8, 4) is 22.6 Å². The summed E-state index contributed by atoms with van der Waals surface area (Å²) in [6, 6.07) is 11.6. The predicted molar refractivity (Wildman–Crippen MR) is 81.3 cm³/mol. The van der Waals surface area contributed by atoms with Crippen molar-refractivity contribution < 1.29 is 0 Å². The molecule has 0 unspecified atom stereocenters. The maximum atomic E-state index is 12.0. The van der Waals surface area contributed by atoms with Crippen LogP contribution in [0.1, 0.15) is 0 Å². The minimum Gasteiger partial charge on any atom is -0.305 e. The quantitative estimate of drug-likeness (QED) is 0.772. The molecule has 3 rings (SSSR count). The highest BCUT2D eigenvalue weighted by Crippen LogP contribution is 2.26. The summed E-state index contributed by atoms with van der Waals surface area (Å²) in [6.45, 7) is 0. The van der Waals surface area contributed by atoms with E-state index in [-0.39, 0.29) is 5.56 Å². The van der Waals surface area contributed by atoms with Crippen molar-refractivity contribution in [3.63, 3.8) is 0 Å². The zero-order valence-electron chi connectivity index (χ0n) is 9.76. The number of rotatable bonds is 2. The third-order valence-corrected chi connectivity index (χ3v) is 4.12. The Morgan fingerprint density at radius 3 is 2.58 bits per heavy atom. The second kappa shape index (κ2) is 5.11. The second-order valence-corrected chi connectivity index (χ2v) is 5.53. The average molecular weight is 333 g/mol. The van der Waals surface area contributed by atoms with Crippen molar-refractivity contribution in [2.24, 2.45) is 0 Å². The van der Waals surface area contributed by atoms with E-state index in [1.165, 1.54) is 0 Å². The third kappa shape index (κ3) is 2.39. The molecule has 0 saturated heterocycles. The van der Waals surface area contributed by atoms with Gasteiger partial charge in [-0.15, -0.1) is 0 Å². The second-order valence-electron chi connectivity index (χ2n) is 3.96. The van der Waals surface area contributed by atoms with Gasteiger partial charge in [0, 0.05) is 16.5 Å². The van der Waals surface area contributed by atoms with Gasteiger partial charge in [0.15, 0.2) is 0 Å². The molecular weight excluding hydrogens is 324 g/mol. The first-order chi connectivity index (χ1) is 9.25. The van der Waals surface area contributed by atoms with Crippen molar-refractivity contribution in [2.75, 3.05) is 0 Å². The number of benzene rings is 1. The lowest BCUT2D eigenvalue weighted by atomic mass is 10.1. The Morgan fingerprint density at radius 2 is 1.89 bits per heavy atom. The van der Waals surface area contributed by atoms with Crippen molar-refractivity contribution >= 4 is 27.3 Å². The van der Waals surface area contributed by atoms with E-state index in [1.54, 1.807) is 11.3 Å². The first-order valence-electron chi connectivity index (χ1n) is 5.63. The number of aromatic amines is 1. The van der Waals surface area contributed by atoms with Crippen LogP contribution in [0.5, 0.6) is 0 Å². The SMILES string of the molecule is O=c1[nH]c(-c2ccsc2)nc(-c2ccccc2)c1Br. The fourth-order valence-electron chi connectivity index (χ4n) is 1.78. The van der Waals surface area contributed by atoms with E-state index in [0.717, 1.165) is 11.1 Å². The normalized spacial score (nSPS) is 10.6. The number of nitrogens with one attached hydrogen (secondary N) is 1. The van der Waals surface area contributed by atoms with Gasteiger partial charge < -0.3 is 4.98 Å². The van der Waals surface area contributed by atoms with E-state index in [2.05, 4.69) is 25.9 Å². The van der Waals surface area contributed by atoms with E-state index >= 15 is 0 Å². The number of nitrogens with zero attached hydrogens (tertiary/aromatic N) is 1. The van der Waals surface area contributed by atoms with Crippen molar-refractivity contribution in [1.29, 1.82) is 0 Å². The summed E-state index contributed by atoms with van der Waals surface area (Å²) in [7, 11) is 0. The lowest BCUT2D eigenvalue weighted by Crippen LogP contribution is -2.11. The average Bonchev–Trinajstić information content (AvgIpc) is 2.97. The molecule has 2 aromatic heterocycles. The molecule has 0 fully saturated rings. The van der Waals surface area contributed by atoms with Crippen LogP contribution < -0.4 is 5.56 Å². The van der Waals surface area contributed by atoms with Crippen LogP contribution in [0.15, 0.2) is 56.4 Å². The lowest BCUT2D eigenvalue weighted by Gasteiger charge is -2.05. The van der Waals surface area contributed by atoms with Crippen LogP contribution in [-0.2, 0) is 0 Å². The monoisotopic (exact) mass is 332 g/mol. The number of thiophene rings is 1. The molecule has 5 heteroatoms. The van der Waals surface area contributed by atoms with Gasteiger partial charge in [-0.25, -0.2) is 4.98 Å². The Morgan fingerprint density at radius 1 is 1.11 bits per heavy atom. The maximum absolute atomic E-state index is 12.0. The number of H-pyrrole nitrogens is 1. The number of aromatic nitrogens is 2. The fraction of sp³-hybridized carbons (Fsp3) is 0. The highest BCUT2D eigenvalue weighted by molar-refractivity contribution is 9.10. The van der Waals surface area contributed by atoms with Crippen molar-refractivity contribution in [1.82, 2.24) is 9.97 Å². The van der Waals surface area contributed by atoms with E-state index in [9.17, 15) is 4.79 Å². The van der Waals surface area contributed by atoms with Gasteiger partial charge in [-0.1, -0.05) is 30.3 Å². The highest BCUT2D eigenvalue weighted by atomic mass is 79.9. The minimum atomic E-state index is -0.171. The van der Waals surface area contributed by atoms with Gasteiger partial charge in [-0.3, -0.25) is 4.79 Å². The van der Waals surface area contributed by atoms with Crippen LogP contribution in [-0.4, -0.2) is 9.97 Å². The van der Waals surface area contributed by atoms with Crippen LogP contribution >= 0.6 is 27.3 Å². The summed E-state index contributed by atoms with van der Waals surface area (Å²) in [5, 5.41) is 3.92. The van der Waals surface area contributed by atoms with Gasteiger partial charge in [-0.05, 0) is 27.4 Å². The Bertz CT molecular complexity index is 751. The van der Waals surface area contributed by atoms with E-state index in [4.69, 9.17) is 0 Å². The first-order valence-corrected chi connectivity index (χ1v) is 7.37. The molecule has 0 aliphatic rings. The van der Waals surface area contributed by atoms with Crippen LogP contribution in [0, 0.1) is 0 Å². The van der Waals surface area contributed by atoms with Crippen LogP contribution in [0.3, 0.4) is 0 Å². The topological polar surface area (TPSA) is 45.8 Å². The Labute approximate surface area is 122 Å². The summed E-state index contributed by atoms with van der Waals surface area (Å²) in [5.74, 6) is 0.591. The molecule has 1 aromatic carbocycles. The van der Waals surface area contributed by atoms with Gasteiger partial charge >= 0.3 is 0 Å². The molecule has 0 saturated carbocycles. The first kappa shape index (κ1) is 12.3. The summed E-state index contributed by atoms with van der Waals surface area (Å²) in [5.41, 5.74) is 2.32. The molecular formula is C14H9BrN2OS. The molecule has 3 nitrogen and oxygen atoms in total. The molecule has 0 spiro atoms. The Kier molecular flexibility index (Phi) is 3.31. The molecule has 1 N–H and O–H groups in total. The van der Waals surface area contributed by atoms with Crippen molar-refractivity contribution in [3.05, 3.63) is 62.0 Å². The summed E-state index contributed by atoms with van der Waals surface area (Å²) >= 11 is 4.88. The fourth-order valence-corrected chi connectivity index (χ4v) is 2.84. The smallest absolute Gasteiger partial charge is 0.266 e. The maximum Gasteiger partial charge on any atom is 0.266 e. The van der Waals surface area contributed by atoms with E-state index in [1.807, 2.05) is 47.2 Å². The molecule has 0 radical (unpaired) electrons. The molecule has 0 atom stereocenters. The Balaban J connectivity index is 2.23. The summed E-state index contributed by atoms with van der Waals surface area (Å²) in [4.78, 5) is 19.3. The largest absolute Gasteiger partial charge is 0.305 e. The van der Waals surface area contributed by atoms with Gasteiger partial charge in [0.05, 0.1) is 5.69 Å². The van der Waals surface area contributed by atoms with Crippen LogP contribution in [0.25, 0.3) is 22.6 Å². The standard InChI is InChI=1S/C14H9BrN2OS/c15-11-12(9-4-2-1-3-5-9)16-13(17-14(11)18)10-6-7-19-8-10/h1-8H,(H,16,17,18). The molecule has 3 aromatic rings. The highest BCUT2D eigenvalue weighted by Gasteiger charge is 2.12. The van der Waals surface area contributed by atoms with Gasteiger partial charge in [-0.2, -0.15) is 11.3 Å². The zero-order chi connectivity index (χ0) is 13.2.